The quantitative estimate of drug-likeness (QED) is 0.0836. The lowest BCUT2D eigenvalue weighted by Crippen LogP contribution is -2.26. The largest absolute Gasteiger partial charge is 0.456 e. The Kier molecular flexibility index (Phi) is 19.5. The van der Waals surface area contributed by atoms with Gasteiger partial charge >= 0.3 is 0 Å². The lowest BCUT2D eigenvalue weighted by Gasteiger charge is -2.32. The summed E-state index contributed by atoms with van der Waals surface area (Å²) in [4.78, 5) is 13.9. The Bertz CT molecular complexity index is 8500. The molecule has 0 amide bonds. The Morgan fingerprint density at radius 1 is 0.139 bits per heavy atom. The molecule has 0 aliphatic heterocycles. The molecule has 1 spiro atoms. The van der Waals surface area contributed by atoms with E-state index in [2.05, 4.69) is 515 Å². The highest BCUT2D eigenvalue weighted by Crippen LogP contribution is 2.64. The van der Waals surface area contributed by atoms with Crippen molar-refractivity contribution in [2.45, 2.75) is 5.41 Å². The maximum atomic E-state index is 6.67. The average Bonchev–Trinajstić information content (AvgIpc) is 1.50. The van der Waals surface area contributed by atoms with Gasteiger partial charge < -0.3 is 42.7 Å². The van der Waals surface area contributed by atoms with E-state index >= 15 is 0 Å². The summed E-state index contributed by atoms with van der Waals surface area (Å²) >= 11 is 1.85. The van der Waals surface area contributed by atoms with E-state index in [4.69, 9.17) is 13.3 Å². The Labute approximate surface area is 796 Å². The number of para-hydroxylation sites is 9. The Morgan fingerprint density at radius 2 is 0.365 bits per heavy atom. The molecule has 4 aromatic heterocycles. The van der Waals surface area contributed by atoms with Gasteiger partial charge in [0.15, 0.2) is 0 Å². The zero-order chi connectivity index (χ0) is 90.4. The van der Waals surface area contributed by atoms with Crippen LogP contribution in [0, 0.1) is 0 Å². The van der Waals surface area contributed by atoms with Gasteiger partial charge in [-0.15, -0.1) is 11.3 Å². The van der Waals surface area contributed by atoms with Crippen molar-refractivity contribution in [3.8, 4) is 22.3 Å². The van der Waals surface area contributed by atoms with Crippen LogP contribution >= 0.6 is 11.3 Å². The van der Waals surface area contributed by atoms with E-state index in [9.17, 15) is 0 Å². The van der Waals surface area contributed by atoms with Crippen LogP contribution in [0.4, 0.5) is 102 Å². The first-order valence-corrected chi connectivity index (χ1v) is 47.3. The lowest BCUT2D eigenvalue weighted by molar-refractivity contribution is 0.668. The van der Waals surface area contributed by atoms with Crippen molar-refractivity contribution in [2.75, 3.05) is 29.4 Å². The summed E-state index contributed by atoms with van der Waals surface area (Å²) in [7, 11) is 0. The number of hydrogen-bond donors (Lipinski definition) is 0. The smallest absolute Gasteiger partial charge is 0.137 e. The second-order valence-electron chi connectivity index (χ2n) is 35.0. The van der Waals surface area contributed by atoms with Gasteiger partial charge in [0.25, 0.3) is 0 Å². The third kappa shape index (κ3) is 13.7. The molecule has 0 fully saturated rings. The standard InChI is InChI=1S/C73H47N3OS.C54H37N3O2/c1-5-19-48(20-6-1)74(49-21-7-2-8-22-49)55-34-39-61-63-43-52(36-41-69(63)77-70(61)46-55)75(50-23-9-3-10-24-50)53-37-42-71-64(44-53)62-40-35-56(47-72(62)78-71)76(51-25-11-4-12-26-51)54-33-38-60-59-29-15-18-32-67(59)73(68(60)45-54)65-30-16-13-27-57(65)58-28-14-17-31-66(58)73;1-6-16-38(17-7-1)55(39-18-8-2-9-19-39)45-26-30-47-49-34-43(28-32-51(49)58-53(47)36-45)57(42-24-14-5-15-25-42)44-29-33-52-50(35-44)48-31-27-46(37-54(48)59-52)56(40-20-10-3-11-21-40)41-22-12-4-13-23-41/h1-47H;1-37H. The molecule has 646 valence electrons. The molecule has 2 aliphatic rings. The third-order valence-corrected chi connectivity index (χ3v) is 28.3. The number of furan rings is 3. The van der Waals surface area contributed by atoms with Crippen molar-refractivity contribution in [1.82, 2.24) is 0 Å². The van der Waals surface area contributed by atoms with Crippen molar-refractivity contribution in [2.24, 2.45) is 0 Å². The molecule has 0 saturated carbocycles. The molecule has 9 nitrogen and oxygen atoms in total. The highest BCUT2D eigenvalue weighted by atomic mass is 32.1. The Hall–Kier alpha value is -18.0. The number of rotatable bonds is 18. The van der Waals surface area contributed by atoms with Crippen LogP contribution < -0.4 is 29.4 Å². The second kappa shape index (κ2) is 33.4. The summed E-state index contributed by atoms with van der Waals surface area (Å²) in [6.45, 7) is 0. The molecule has 0 atom stereocenters. The summed E-state index contributed by atoms with van der Waals surface area (Å²) in [6, 6.07) is 182. The van der Waals surface area contributed by atoms with E-state index in [1.165, 1.54) is 64.7 Å². The predicted octanol–water partition coefficient (Wildman–Crippen LogP) is 36.6. The zero-order valence-electron chi connectivity index (χ0n) is 74.3. The molecule has 0 N–H and O–H groups in total. The molecule has 4 heterocycles. The van der Waals surface area contributed by atoms with Crippen molar-refractivity contribution >= 4 is 200 Å². The number of fused-ring (bicyclic) bond motifs is 22. The van der Waals surface area contributed by atoms with Crippen LogP contribution in [0.1, 0.15) is 22.3 Å². The van der Waals surface area contributed by atoms with Crippen LogP contribution in [-0.4, -0.2) is 0 Å². The van der Waals surface area contributed by atoms with E-state index in [-0.39, 0.29) is 0 Å². The van der Waals surface area contributed by atoms with Gasteiger partial charge in [0.1, 0.15) is 33.5 Å². The molecule has 0 radical (unpaired) electrons. The van der Waals surface area contributed by atoms with Crippen molar-refractivity contribution < 1.29 is 13.3 Å². The molecule has 27 rings (SSSR count). The van der Waals surface area contributed by atoms with Crippen LogP contribution in [0.3, 0.4) is 0 Å². The molecule has 0 unspecified atom stereocenters. The molecular formula is C127H84N6O3S. The van der Waals surface area contributed by atoms with Gasteiger partial charge in [-0.3, -0.25) is 0 Å². The lowest BCUT2D eigenvalue weighted by atomic mass is 9.70. The van der Waals surface area contributed by atoms with E-state index in [1.54, 1.807) is 0 Å². The number of benzene rings is 21. The van der Waals surface area contributed by atoms with Crippen LogP contribution in [0.5, 0.6) is 0 Å². The Morgan fingerprint density at radius 3 is 0.679 bits per heavy atom. The first-order chi connectivity index (χ1) is 67.9. The molecule has 21 aromatic carbocycles. The maximum absolute atomic E-state index is 6.67. The van der Waals surface area contributed by atoms with Crippen LogP contribution in [0.2, 0.25) is 0 Å². The van der Waals surface area contributed by atoms with Crippen molar-refractivity contribution in [3.05, 3.63) is 532 Å². The van der Waals surface area contributed by atoms with Crippen molar-refractivity contribution in [3.63, 3.8) is 0 Å². The zero-order valence-corrected chi connectivity index (χ0v) is 75.1. The Balaban J connectivity index is 0.000000148. The highest BCUT2D eigenvalue weighted by molar-refractivity contribution is 7.25. The van der Waals surface area contributed by atoms with E-state index in [1.807, 2.05) is 35.6 Å². The number of anilines is 18. The molecular weight excluding hydrogens is 1690 g/mol. The summed E-state index contributed by atoms with van der Waals surface area (Å²) < 4.78 is 22.3. The van der Waals surface area contributed by atoms with Gasteiger partial charge in [-0.1, -0.05) is 249 Å². The van der Waals surface area contributed by atoms with E-state index in [0.29, 0.717) is 0 Å². The SMILES string of the molecule is c1ccc(N(c2ccccc2)c2ccc3c(c2)oc2ccc(N(c4ccccc4)c4ccc5oc6cc(N(c7ccccc7)c7ccccc7)ccc6c5c4)cc23)cc1.c1ccc(N(c2ccccc2)c2ccc3c(c2)oc2ccc(N(c4ccccc4)c4ccc5sc6cc(N(c7ccccc7)c7ccc8c(c7)C7(c9ccccc9-c9ccccc97)c7ccccc7-8)ccc6c5c4)cc23)cc1. The third-order valence-electron chi connectivity index (χ3n) is 27.2. The molecule has 0 saturated heterocycles. The predicted molar refractivity (Wildman–Crippen MR) is 572 cm³/mol. The fourth-order valence-electron chi connectivity index (χ4n) is 21.2. The monoisotopic (exact) mass is 1770 g/mol. The van der Waals surface area contributed by atoms with Gasteiger partial charge in [-0.05, 0) is 287 Å². The van der Waals surface area contributed by atoms with Crippen LogP contribution in [0.15, 0.2) is 523 Å². The molecule has 2 aliphatic carbocycles. The number of thiophene rings is 1. The number of nitrogens with zero attached hydrogens (tertiary/aromatic N) is 6. The molecule has 25 aromatic rings. The highest BCUT2D eigenvalue weighted by Gasteiger charge is 2.52. The summed E-state index contributed by atoms with van der Waals surface area (Å²) in [5.41, 5.74) is 34.4. The summed E-state index contributed by atoms with van der Waals surface area (Å²) in [5.74, 6) is 0. The van der Waals surface area contributed by atoms with Crippen LogP contribution in [0.25, 0.3) is 108 Å². The molecule has 10 heteroatoms. The molecule has 0 bridgehead atoms. The minimum Gasteiger partial charge on any atom is -0.456 e. The van der Waals surface area contributed by atoms with Gasteiger partial charge in [0.2, 0.25) is 0 Å². The average molecular weight is 1770 g/mol. The summed E-state index contributed by atoms with van der Waals surface area (Å²) in [5, 5.41) is 8.84. The van der Waals surface area contributed by atoms with Gasteiger partial charge in [0, 0.05) is 173 Å². The first kappa shape index (κ1) is 79.9. The second-order valence-corrected chi connectivity index (χ2v) is 36.1. The fraction of sp³-hybridized carbons (Fsp3) is 0.00787. The van der Waals surface area contributed by atoms with Gasteiger partial charge in [-0.2, -0.15) is 0 Å². The van der Waals surface area contributed by atoms with E-state index < -0.39 is 5.41 Å². The van der Waals surface area contributed by atoms with Crippen molar-refractivity contribution in [1.29, 1.82) is 0 Å². The molecule has 137 heavy (non-hydrogen) atoms. The van der Waals surface area contributed by atoms with Gasteiger partial charge in [0.05, 0.1) is 5.41 Å². The number of hydrogen-bond acceptors (Lipinski definition) is 10. The van der Waals surface area contributed by atoms with E-state index in [0.717, 1.165) is 168 Å². The normalized spacial score (nSPS) is 12.1. The fourth-order valence-corrected chi connectivity index (χ4v) is 22.3. The van der Waals surface area contributed by atoms with Crippen LogP contribution in [-0.2, 0) is 5.41 Å². The topological polar surface area (TPSA) is 58.9 Å². The van der Waals surface area contributed by atoms with Gasteiger partial charge in [-0.25, -0.2) is 0 Å². The minimum absolute atomic E-state index is 0.436. The first-order valence-electron chi connectivity index (χ1n) is 46.5. The maximum Gasteiger partial charge on any atom is 0.137 e. The summed E-state index contributed by atoms with van der Waals surface area (Å²) in [6.07, 6.45) is 0. The minimum atomic E-state index is -0.436.